The highest BCUT2D eigenvalue weighted by atomic mass is 32.2. The smallest absolute Gasteiger partial charge is 0.359 e. The molecule has 2 rings (SSSR count). The van der Waals surface area contributed by atoms with E-state index in [1.807, 2.05) is 19.9 Å². The molecule has 108 valence electrons. The Labute approximate surface area is 118 Å². The molecule has 0 unspecified atom stereocenters. The predicted molar refractivity (Wildman–Crippen MR) is 71.5 cm³/mol. The minimum atomic E-state index is -4.27. The lowest BCUT2D eigenvalue weighted by Gasteiger charge is -2.05. The Morgan fingerprint density at radius 3 is 2.00 bits per heavy atom. The molecule has 0 aliphatic carbocycles. The third-order valence-electron chi connectivity index (χ3n) is 2.73. The molecule has 1 heterocycles. The van der Waals surface area contributed by atoms with Crippen molar-refractivity contribution in [1.82, 2.24) is 0 Å². The van der Waals surface area contributed by atoms with Crippen LogP contribution in [-0.2, 0) is 17.2 Å². The topological polar surface area (TPSA) is 61.1 Å². The summed E-state index contributed by atoms with van der Waals surface area (Å²) >= 11 is 0. The molecule has 4 nitrogen and oxygen atoms in total. The second-order valence-corrected chi connectivity index (χ2v) is 5.70. The van der Waals surface area contributed by atoms with E-state index in [-0.39, 0.29) is 10.8 Å². The summed E-state index contributed by atoms with van der Waals surface area (Å²) in [6.45, 7) is 3.68. The third-order valence-corrected chi connectivity index (χ3v) is 3.58. The SMILES string of the molecule is Cc1ccc(S(=O)(=O)[O-])cc1.Cc1cccc(F)[n+]1C. The second kappa shape index (κ2) is 6.58. The summed E-state index contributed by atoms with van der Waals surface area (Å²) in [5.41, 5.74) is 1.85. The largest absolute Gasteiger partial charge is 0.744 e. The van der Waals surface area contributed by atoms with Crippen LogP contribution in [0.4, 0.5) is 4.39 Å². The highest BCUT2D eigenvalue weighted by Crippen LogP contribution is 2.08. The summed E-state index contributed by atoms with van der Waals surface area (Å²) in [6, 6.07) is 10.8. The molecular weight excluding hydrogens is 281 g/mol. The molecule has 0 radical (unpaired) electrons. The highest BCUT2D eigenvalue weighted by molar-refractivity contribution is 7.85. The predicted octanol–water partition coefficient (Wildman–Crippen LogP) is 1.86. The van der Waals surface area contributed by atoms with Gasteiger partial charge in [-0.15, -0.1) is 4.39 Å². The number of hydrogen-bond donors (Lipinski definition) is 0. The summed E-state index contributed by atoms with van der Waals surface area (Å²) < 4.78 is 45.2. The maximum atomic E-state index is 12.5. The summed E-state index contributed by atoms with van der Waals surface area (Å²) in [5.74, 6) is -0.199. The molecule has 0 atom stereocenters. The van der Waals surface area contributed by atoms with Crippen molar-refractivity contribution in [3.05, 3.63) is 59.7 Å². The maximum absolute atomic E-state index is 12.5. The van der Waals surface area contributed by atoms with Crippen molar-refractivity contribution in [3.63, 3.8) is 0 Å². The molecule has 0 fully saturated rings. The average Bonchev–Trinajstić information content (AvgIpc) is 2.36. The molecule has 0 bridgehead atoms. The number of hydrogen-bond acceptors (Lipinski definition) is 3. The highest BCUT2D eigenvalue weighted by Gasteiger charge is 2.04. The van der Waals surface area contributed by atoms with Gasteiger partial charge in [0.2, 0.25) is 0 Å². The summed E-state index contributed by atoms with van der Waals surface area (Å²) in [7, 11) is -2.57. The van der Waals surface area contributed by atoms with E-state index in [0.29, 0.717) is 0 Å². The Morgan fingerprint density at radius 2 is 1.60 bits per heavy atom. The van der Waals surface area contributed by atoms with E-state index in [2.05, 4.69) is 0 Å². The van der Waals surface area contributed by atoms with Gasteiger partial charge >= 0.3 is 5.95 Å². The number of aromatic nitrogens is 1. The minimum absolute atomic E-state index is 0.178. The first-order valence-corrected chi connectivity index (χ1v) is 7.26. The van der Waals surface area contributed by atoms with Gasteiger partial charge in [-0.1, -0.05) is 17.7 Å². The first kappa shape index (κ1) is 16.3. The average molecular weight is 297 g/mol. The Kier molecular flexibility index (Phi) is 5.35. The van der Waals surface area contributed by atoms with Crippen molar-refractivity contribution in [3.8, 4) is 0 Å². The molecule has 20 heavy (non-hydrogen) atoms. The standard InChI is InChI=1S/C7H9FN.C7H8O3S/c1-6-4-3-5-7(8)9(6)2;1-6-2-4-7(5-3-6)11(8,9)10/h3-5H,1-2H3;2-5H,1H3,(H,8,9,10)/q+1;/p-1. The van der Waals surface area contributed by atoms with Gasteiger partial charge in [0, 0.05) is 19.1 Å². The zero-order valence-corrected chi connectivity index (χ0v) is 12.3. The lowest BCUT2D eigenvalue weighted by molar-refractivity contribution is -0.705. The molecule has 0 aliphatic rings. The molecule has 1 aromatic carbocycles. The van der Waals surface area contributed by atoms with Crippen molar-refractivity contribution in [2.75, 3.05) is 0 Å². The van der Waals surface area contributed by atoms with Gasteiger partial charge in [0.15, 0.2) is 5.69 Å². The van der Waals surface area contributed by atoms with Crippen LogP contribution in [0.1, 0.15) is 11.3 Å². The van der Waals surface area contributed by atoms with Gasteiger partial charge in [-0.2, -0.15) is 4.57 Å². The van der Waals surface area contributed by atoms with Gasteiger partial charge in [0.05, 0.1) is 4.90 Å². The van der Waals surface area contributed by atoms with E-state index in [1.54, 1.807) is 25.2 Å². The van der Waals surface area contributed by atoms with Gasteiger partial charge in [-0.05, 0) is 25.1 Å². The Morgan fingerprint density at radius 1 is 1.05 bits per heavy atom. The third kappa shape index (κ3) is 4.71. The van der Waals surface area contributed by atoms with E-state index in [4.69, 9.17) is 0 Å². The van der Waals surface area contributed by atoms with Crippen molar-refractivity contribution in [2.24, 2.45) is 7.05 Å². The van der Waals surface area contributed by atoms with Crippen LogP contribution < -0.4 is 4.57 Å². The molecule has 0 spiro atoms. The van der Waals surface area contributed by atoms with Crippen LogP contribution in [-0.4, -0.2) is 13.0 Å². The van der Waals surface area contributed by atoms with Crippen molar-refractivity contribution in [2.45, 2.75) is 18.7 Å². The van der Waals surface area contributed by atoms with Crippen molar-refractivity contribution < 1.29 is 21.9 Å². The van der Waals surface area contributed by atoms with E-state index in [0.717, 1.165) is 11.3 Å². The van der Waals surface area contributed by atoms with Gasteiger partial charge in [0.25, 0.3) is 0 Å². The Hall–Kier alpha value is -1.79. The molecule has 0 saturated heterocycles. The molecule has 2 aromatic rings. The van der Waals surface area contributed by atoms with E-state index >= 15 is 0 Å². The number of nitrogens with zero attached hydrogens (tertiary/aromatic N) is 1. The molecule has 1 aromatic heterocycles. The minimum Gasteiger partial charge on any atom is -0.744 e. The first-order chi connectivity index (χ1) is 9.21. The quantitative estimate of drug-likeness (QED) is 0.458. The van der Waals surface area contributed by atoms with Crippen LogP contribution in [0, 0.1) is 19.8 Å². The lowest BCUT2D eigenvalue weighted by atomic mass is 10.2. The van der Waals surface area contributed by atoms with Crippen LogP contribution >= 0.6 is 0 Å². The monoisotopic (exact) mass is 297 g/mol. The van der Waals surface area contributed by atoms with E-state index in [9.17, 15) is 17.4 Å². The summed E-state index contributed by atoms with van der Waals surface area (Å²) in [6.07, 6.45) is 0. The van der Waals surface area contributed by atoms with Crippen LogP contribution in [0.25, 0.3) is 0 Å². The fraction of sp³-hybridized carbons (Fsp3) is 0.214. The molecular formula is C14H16FNO3S. The Balaban J connectivity index is 0.000000204. The summed E-state index contributed by atoms with van der Waals surface area (Å²) in [4.78, 5) is -0.178. The normalized spacial score (nSPS) is 10.7. The fourth-order valence-electron chi connectivity index (χ4n) is 1.36. The molecule has 0 N–H and O–H groups in total. The van der Waals surface area contributed by atoms with Gasteiger partial charge < -0.3 is 4.55 Å². The number of rotatable bonds is 1. The molecule has 0 amide bonds. The molecule has 6 heteroatoms. The maximum Gasteiger partial charge on any atom is 0.359 e. The van der Waals surface area contributed by atoms with Crippen molar-refractivity contribution >= 4 is 10.1 Å². The zero-order valence-electron chi connectivity index (χ0n) is 11.5. The van der Waals surface area contributed by atoms with E-state index in [1.165, 1.54) is 22.8 Å². The number of aryl methyl sites for hydroxylation is 2. The fourth-order valence-corrected chi connectivity index (χ4v) is 1.83. The van der Waals surface area contributed by atoms with Gasteiger partial charge in [0.1, 0.15) is 17.2 Å². The Bertz CT molecular complexity index is 662. The number of pyridine rings is 1. The van der Waals surface area contributed by atoms with Crippen LogP contribution in [0.15, 0.2) is 47.4 Å². The second-order valence-electron chi connectivity index (χ2n) is 4.32. The zero-order chi connectivity index (χ0) is 15.3. The van der Waals surface area contributed by atoms with Gasteiger partial charge in [-0.3, -0.25) is 0 Å². The van der Waals surface area contributed by atoms with Crippen molar-refractivity contribution in [1.29, 1.82) is 0 Å². The molecule has 0 aliphatic heterocycles. The van der Waals surface area contributed by atoms with Crippen LogP contribution in [0.2, 0.25) is 0 Å². The lowest BCUT2D eigenvalue weighted by Crippen LogP contribution is -2.35. The molecule has 0 saturated carbocycles. The summed E-state index contributed by atoms with van der Waals surface area (Å²) in [5, 5.41) is 0. The van der Waals surface area contributed by atoms with Crippen LogP contribution in [0.5, 0.6) is 0 Å². The number of halogens is 1. The first-order valence-electron chi connectivity index (χ1n) is 5.85. The number of benzene rings is 1. The van der Waals surface area contributed by atoms with Gasteiger partial charge in [-0.25, -0.2) is 8.42 Å². The van der Waals surface area contributed by atoms with Crippen LogP contribution in [0.3, 0.4) is 0 Å². The van der Waals surface area contributed by atoms with E-state index < -0.39 is 10.1 Å².